The first-order chi connectivity index (χ1) is 9.89. The van der Waals surface area contributed by atoms with Crippen molar-refractivity contribution < 1.29 is 9.53 Å². The maximum absolute atomic E-state index is 12.1. The molecule has 0 saturated heterocycles. The number of ether oxygens (including phenoxy) is 1. The second-order valence-electron chi connectivity index (χ2n) is 6.19. The topological polar surface area (TPSA) is 41.6 Å². The van der Waals surface area contributed by atoms with E-state index in [0.717, 1.165) is 17.7 Å². The normalized spacial score (nSPS) is 14.1. The Morgan fingerprint density at radius 2 is 2.19 bits per heavy atom. The molecule has 1 heterocycles. The summed E-state index contributed by atoms with van der Waals surface area (Å²) in [6.45, 7) is 7.41. The standard InChI is InChI=1S/C17H22N2O2/c1-5-9-18-15-7-6-13-8-10-19(12-14(13)11-15)16(20)21-17(2,3)4/h1,6-7,11,18H,8-10,12H2,2-4H3. The lowest BCUT2D eigenvalue weighted by molar-refractivity contribution is 0.0224. The van der Waals surface area contributed by atoms with E-state index in [1.54, 1.807) is 4.90 Å². The maximum atomic E-state index is 12.1. The van der Waals surface area contributed by atoms with Crippen molar-refractivity contribution >= 4 is 11.8 Å². The van der Waals surface area contributed by atoms with Gasteiger partial charge in [0.1, 0.15) is 5.60 Å². The highest BCUT2D eigenvalue weighted by molar-refractivity contribution is 5.69. The van der Waals surface area contributed by atoms with Crippen LogP contribution in [0.25, 0.3) is 0 Å². The number of rotatable bonds is 2. The molecule has 2 rings (SSSR count). The number of terminal acetylenes is 1. The van der Waals surface area contributed by atoms with Gasteiger partial charge in [0.15, 0.2) is 0 Å². The van der Waals surface area contributed by atoms with Crippen molar-refractivity contribution in [2.45, 2.75) is 39.3 Å². The largest absolute Gasteiger partial charge is 0.444 e. The van der Waals surface area contributed by atoms with Crippen LogP contribution in [0.1, 0.15) is 31.9 Å². The number of benzene rings is 1. The van der Waals surface area contributed by atoms with E-state index in [-0.39, 0.29) is 6.09 Å². The Hall–Kier alpha value is -2.15. The number of hydrogen-bond acceptors (Lipinski definition) is 3. The summed E-state index contributed by atoms with van der Waals surface area (Å²) in [4.78, 5) is 13.9. The van der Waals surface area contributed by atoms with Gasteiger partial charge in [0.2, 0.25) is 0 Å². The predicted octanol–water partition coefficient (Wildman–Crippen LogP) is 3.02. The van der Waals surface area contributed by atoms with Crippen molar-refractivity contribution in [2.75, 3.05) is 18.4 Å². The van der Waals surface area contributed by atoms with Gasteiger partial charge in [0.25, 0.3) is 0 Å². The Balaban J connectivity index is 2.08. The summed E-state index contributed by atoms with van der Waals surface area (Å²) >= 11 is 0. The summed E-state index contributed by atoms with van der Waals surface area (Å²) in [5.74, 6) is 2.55. The van der Waals surface area contributed by atoms with E-state index in [1.165, 1.54) is 5.56 Å². The van der Waals surface area contributed by atoms with Crippen LogP contribution in [0.15, 0.2) is 18.2 Å². The number of amides is 1. The van der Waals surface area contributed by atoms with E-state index in [4.69, 9.17) is 11.2 Å². The number of anilines is 1. The van der Waals surface area contributed by atoms with Crippen molar-refractivity contribution in [3.05, 3.63) is 29.3 Å². The molecule has 112 valence electrons. The molecule has 1 aliphatic rings. The molecule has 0 aromatic heterocycles. The Kier molecular flexibility index (Phi) is 4.42. The zero-order valence-corrected chi connectivity index (χ0v) is 12.9. The number of fused-ring (bicyclic) bond motifs is 1. The Morgan fingerprint density at radius 3 is 2.86 bits per heavy atom. The van der Waals surface area contributed by atoms with Gasteiger partial charge in [0.05, 0.1) is 6.54 Å². The minimum absolute atomic E-state index is 0.255. The van der Waals surface area contributed by atoms with Gasteiger partial charge < -0.3 is 15.0 Å². The van der Waals surface area contributed by atoms with Crippen molar-refractivity contribution in [1.82, 2.24) is 4.90 Å². The van der Waals surface area contributed by atoms with Crippen molar-refractivity contribution in [1.29, 1.82) is 0 Å². The van der Waals surface area contributed by atoms with Crippen molar-refractivity contribution in [3.8, 4) is 12.3 Å². The zero-order chi connectivity index (χ0) is 15.5. The molecule has 0 spiro atoms. The first-order valence-corrected chi connectivity index (χ1v) is 7.16. The highest BCUT2D eigenvalue weighted by atomic mass is 16.6. The van der Waals surface area contributed by atoms with E-state index in [1.807, 2.05) is 26.8 Å². The lowest BCUT2D eigenvalue weighted by atomic mass is 9.99. The zero-order valence-electron chi connectivity index (χ0n) is 12.9. The summed E-state index contributed by atoms with van der Waals surface area (Å²) in [6.07, 6.45) is 5.85. The third-order valence-corrected chi connectivity index (χ3v) is 3.26. The second-order valence-corrected chi connectivity index (χ2v) is 6.19. The van der Waals surface area contributed by atoms with Crippen LogP contribution >= 0.6 is 0 Å². The van der Waals surface area contributed by atoms with E-state index in [0.29, 0.717) is 19.6 Å². The van der Waals surface area contributed by atoms with Gasteiger partial charge in [-0.05, 0) is 50.5 Å². The van der Waals surface area contributed by atoms with Gasteiger partial charge >= 0.3 is 6.09 Å². The van der Waals surface area contributed by atoms with Gasteiger partial charge in [0, 0.05) is 18.8 Å². The van der Waals surface area contributed by atoms with Crippen LogP contribution in [0.4, 0.5) is 10.5 Å². The molecule has 1 aliphatic heterocycles. The van der Waals surface area contributed by atoms with Crippen molar-refractivity contribution in [3.63, 3.8) is 0 Å². The predicted molar refractivity (Wildman–Crippen MR) is 84.1 cm³/mol. The van der Waals surface area contributed by atoms with Gasteiger partial charge in [-0.3, -0.25) is 0 Å². The van der Waals surface area contributed by atoms with E-state index in [9.17, 15) is 4.79 Å². The molecule has 1 aromatic carbocycles. The molecule has 0 aliphatic carbocycles. The quantitative estimate of drug-likeness (QED) is 0.850. The minimum Gasteiger partial charge on any atom is -0.444 e. The molecule has 1 amide bonds. The van der Waals surface area contributed by atoms with E-state index >= 15 is 0 Å². The van der Waals surface area contributed by atoms with Gasteiger partial charge in [-0.15, -0.1) is 6.42 Å². The Morgan fingerprint density at radius 1 is 1.43 bits per heavy atom. The summed E-state index contributed by atoms with van der Waals surface area (Å²) in [6, 6.07) is 6.18. The SMILES string of the molecule is C#CCNc1ccc2c(c1)CN(C(=O)OC(C)(C)C)CC2. The van der Waals surface area contributed by atoms with Crippen LogP contribution in [0.2, 0.25) is 0 Å². The highest BCUT2D eigenvalue weighted by Gasteiger charge is 2.25. The molecule has 0 fully saturated rings. The van der Waals surface area contributed by atoms with Gasteiger partial charge in [-0.25, -0.2) is 4.79 Å². The second kappa shape index (κ2) is 6.09. The molecule has 0 saturated carbocycles. The third-order valence-electron chi connectivity index (χ3n) is 3.26. The van der Waals surface area contributed by atoms with Crippen LogP contribution in [-0.4, -0.2) is 29.7 Å². The van der Waals surface area contributed by atoms with Gasteiger partial charge in [-0.1, -0.05) is 12.0 Å². The average Bonchev–Trinajstić information content (AvgIpc) is 2.42. The van der Waals surface area contributed by atoms with E-state index in [2.05, 4.69) is 23.4 Å². The number of carbonyl (C=O) groups is 1. The number of nitrogens with zero attached hydrogens (tertiary/aromatic N) is 1. The molecule has 4 heteroatoms. The van der Waals surface area contributed by atoms with Crippen molar-refractivity contribution in [2.24, 2.45) is 0 Å². The fourth-order valence-electron chi connectivity index (χ4n) is 2.30. The van der Waals surface area contributed by atoms with Crippen LogP contribution in [0.5, 0.6) is 0 Å². The molecule has 0 atom stereocenters. The molecule has 1 aromatic rings. The lowest BCUT2D eigenvalue weighted by Crippen LogP contribution is -2.39. The molecule has 4 nitrogen and oxygen atoms in total. The fraction of sp³-hybridized carbons (Fsp3) is 0.471. The first kappa shape index (κ1) is 15.2. The maximum Gasteiger partial charge on any atom is 0.410 e. The van der Waals surface area contributed by atoms with Crippen LogP contribution in [-0.2, 0) is 17.7 Å². The minimum atomic E-state index is -0.465. The number of nitrogens with one attached hydrogen (secondary N) is 1. The summed E-state index contributed by atoms with van der Waals surface area (Å²) < 4.78 is 5.43. The molecule has 1 N–H and O–H groups in total. The smallest absolute Gasteiger partial charge is 0.410 e. The van der Waals surface area contributed by atoms with Crippen LogP contribution in [0, 0.1) is 12.3 Å². The first-order valence-electron chi connectivity index (χ1n) is 7.16. The monoisotopic (exact) mass is 286 g/mol. The lowest BCUT2D eigenvalue weighted by Gasteiger charge is -2.31. The Bertz CT molecular complexity index is 567. The molecule has 0 bridgehead atoms. The van der Waals surface area contributed by atoms with Crippen LogP contribution in [0.3, 0.4) is 0 Å². The molecule has 21 heavy (non-hydrogen) atoms. The van der Waals surface area contributed by atoms with E-state index < -0.39 is 5.60 Å². The summed E-state index contributed by atoms with van der Waals surface area (Å²) in [7, 11) is 0. The summed E-state index contributed by atoms with van der Waals surface area (Å²) in [5.41, 5.74) is 2.95. The molecular weight excluding hydrogens is 264 g/mol. The van der Waals surface area contributed by atoms with Gasteiger partial charge in [-0.2, -0.15) is 0 Å². The Labute approximate surface area is 126 Å². The molecule has 0 radical (unpaired) electrons. The number of carbonyl (C=O) groups excluding carboxylic acids is 1. The highest BCUT2D eigenvalue weighted by Crippen LogP contribution is 2.24. The van der Waals surface area contributed by atoms with Crippen LogP contribution < -0.4 is 5.32 Å². The third kappa shape index (κ3) is 4.16. The fourth-order valence-corrected chi connectivity index (χ4v) is 2.30. The molecular formula is C17H22N2O2. The number of hydrogen-bond donors (Lipinski definition) is 1. The average molecular weight is 286 g/mol. The molecule has 0 unspecified atom stereocenters. The summed E-state index contributed by atoms with van der Waals surface area (Å²) in [5, 5.41) is 3.16.